The molecule has 3 rings (SSSR count). The number of rotatable bonds is 7. The third-order valence-corrected chi connectivity index (χ3v) is 6.46. The molecule has 5 heteroatoms. The van der Waals surface area contributed by atoms with Crippen molar-refractivity contribution >= 4 is 34.4 Å². The first-order chi connectivity index (χ1) is 14.0. The Morgan fingerprint density at radius 1 is 1.10 bits per heavy atom. The van der Waals surface area contributed by atoms with Crippen molar-refractivity contribution in [2.24, 2.45) is 0 Å². The van der Waals surface area contributed by atoms with Crippen LogP contribution in [0.1, 0.15) is 28.5 Å². The number of hydrogen-bond donors (Lipinski definition) is 1. The lowest BCUT2D eigenvalue weighted by Gasteiger charge is -2.32. The van der Waals surface area contributed by atoms with Gasteiger partial charge in [0.15, 0.2) is 5.11 Å². The highest BCUT2D eigenvalue weighted by Gasteiger charge is 2.19. The molecule has 0 amide bonds. The molecule has 0 spiro atoms. The van der Waals surface area contributed by atoms with Crippen LogP contribution < -0.4 is 10.1 Å². The normalized spacial score (nSPS) is 11.7. The molecule has 0 fully saturated rings. The van der Waals surface area contributed by atoms with Gasteiger partial charge >= 0.3 is 0 Å². The second kappa shape index (κ2) is 9.90. The molecule has 3 nitrogen and oxygen atoms in total. The zero-order valence-corrected chi connectivity index (χ0v) is 19.1. The monoisotopic (exact) mass is 424 g/mol. The Morgan fingerprint density at radius 3 is 2.52 bits per heavy atom. The van der Waals surface area contributed by atoms with Crippen LogP contribution in [0.5, 0.6) is 5.75 Å². The molecule has 0 saturated heterocycles. The minimum Gasteiger partial charge on any atom is -0.497 e. The molecule has 1 heterocycles. The molecule has 152 valence electrons. The van der Waals surface area contributed by atoms with Crippen LogP contribution in [0, 0.1) is 13.8 Å². The summed E-state index contributed by atoms with van der Waals surface area (Å²) < 4.78 is 5.29. The molecule has 0 aliphatic rings. The van der Waals surface area contributed by atoms with E-state index in [1.807, 2.05) is 12.1 Å². The van der Waals surface area contributed by atoms with E-state index in [2.05, 4.69) is 78.8 Å². The quantitative estimate of drug-likeness (QED) is 0.456. The summed E-state index contributed by atoms with van der Waals surface area (Å²) in [5.74, 6) is 0.864. The van der Waals surface area contributed by atoms with Crippen LogP contribution in [0.4, 0.5) is 5.69 Å². The van der Waals surface area contributed by atoms with Gasteiger partial charge < -0.3 is 15.0 Å². The van der Waals surface area contributed by atoms with Crippen LogP contribution in [-0.2, 0) is 13.0 Å². The van der Waals surface area contributed by atoms with E-state index in [9.17, 15) is 0 Å². The maximum absolute atomic E-state index is 5.87. The molecular formula is C24H28N2OS2. The predicted octanol–water partition coefficient (Wildman–Crippen LogP) is 6.20. The summed E-state index contributed by atoms with van der Waals surface area (Å²) in [6.07, 6.45) is 0.961. The second-order valence-corrected chi connectivity index (χ2v) is 8.71. The van der Waals surface area contributed by atoms with E-state index >= 15 is 0 Å². The maximum Gasteiger partial charge on any atom is 0.173 e. The van der Waals surface area contributed by atoms with E-state index in [4.69, 9.17) is 17.0 Å². The lowest BCUT2D eigenvalue weighted by atomic mass is 10.1. The molecule has 0 aliphatic heterocycles. The van der Waals surface area contributed by atoms with Gasteiger partial charge in [0.1, 0.15) is 5.75 Å². The SMILES string of the molecule is COc1ccc(CN(C(=S)Nc2cccc(C)c2C)[C@H](C)Cc2cccs2)cc1. The summed E-state index contributed by atoms with van der Waals surface area (Å²) >= 11 is 7.67. The van der Waals surface area contributed by atoms with Gasteiger partial charge in [-0.15, -0.1) is 11.3 Å². The van der Waals surface area contributed by atoms with Crippen molar-refractivity contribution in [2.75, 3.05) is 12.4 Å². The average molecular weight is 425 g/mol. The zero-order valence-electron chi connectivity index (χ0n) is 17.4. The fraction of sp³-hybridized carbons (Fsp3) is 0.292. The van der Waals surface area contributed by atoms with Crippen LogP contribution in [-0.4, -0.2) is 23.2 Å². The third kappa shape index (κ3) is 5.58. The summed E-state index contributed by atoms with van der Waals surface area (Å²) in [7, 11) is 1.69. The molecule has 0 aliphatic carbocycles. The van der Waals surface area contributed by atoms with E-state index in [-0.39, 0.29) is 6.04 Å². The summed E-state index contributed by atoms with van der Waals surface area (Å²) in [5.41, 5.74) is 4.75. The summed E-state index contributed by atoms with van der Waals surface area (Å²) in [6, 6.07) is 19.0. The molecule has 1 N–H and O–H groups in total. The van der Waals surface area contributed by atoms with Crippen molar-refractivity contribution in [2.45, 2.75) is 39.8 Å². The Kier molecular flexibility index (Phi) is 7.29. The molecule has 29 heavy (non-hydrogen) atoms. The minimum absolute atomic E-state index is 0.265. The molecule has 0 bridgehead atoms. The lowest BCUT2D eigenvalue weighted by Crippen LogP contribution is -2.41. The number of nitrogens with zero attached hydrogens (tertiary/aromatic N) is 1. The molecule has 0 radical (unpaired) electrons. The second-order valence-electron chi connectivity index (χ2n) is 7.29. The first-order valence-electron chi connectivity index (χ1n) is 9.77. The zero-order chi connectivity index (χ0) is 20.8. The van der Waals surface area contributed by atoms with Gasteiger partial charge in [0.2, 0.25) is 0 Å². The van der Waals surface area contributed by atoms with Crippen LogP contribution in [0.2, 0.25) is 0 Å². The topological polar surface area (TPSA) is 24.5 Å². The van der Waals surface area contributed by atoms with Crippen LogP contribution in [0.3, 0.4) is 0 Å². The van der Waals surface area contributed by atoms with Gasteiger partial charge in [-0.2, -0.15) is 0 Å². The molecule has 1 aromatic heterocycles. The Labute approximate surface area is 183 Å². The summed E-state index contributed by atoms with van der Waals surface area (Å²) in [4.78, 5) is 3.64. The van der Waals surface area contributed by atoms with E-state index in [0.29, 0.717) is 0 Å². The van der Waals surface area contributed by atoms with E-state index < -0.39 is 0 Å². The van der Waals surface area contributed by atoms with E-state index in [1.54, 1.807) is 18.4 Å². The number of benzene rings is 2. The van der Waals surface area contributed by atoms with Crippen LogP contribution >= 0.6 is 23.6 Å². The molecule has 0 saturated carbocycles. The van der Waals surface area contributed by atoms with Crippen molar-refractivity contribution in [1.82, 2.24) is 4.90 Å². The number of ether oxygens (including phenoxy) is 1. The smallest absolute Gasteiger partial charge is 0.173 e. The van der Waals surface area contributed by atoms with Gasteiger partial charge in [-0.3, -0.25) is 0 Å². The number of thiophene rings is 1. The number of thiocarbonyl (C=S) groups is 1. The van der Waals surface area contributed by atoms with E-state index in [0.717, 1.165) is 29.5 Å². The first-order valence-corrected chi connectivity index (χ1v) is 11.1. The lowest BCUT2D eigenvalue weighted by molar-refractivity contribution is 0.326. The highest BCUT2D eigenvalue weighted by molar-refractivity contribution is 7.80. The van der Waals surface area contributed by atoms with E-state index in [1.165, 1.54) is 21.6 Å². The molecular weight excluding hydrogens is 396 g/mol. The largest absolute Gasteiger partial charge is 0.497 e. The van der Waals surface area contributed by atoms with Crippen molar-refractivity contribution in [3.05, 3.63) is 81.5 Å². The molecule has 2 aromatic carbocycles. The molecule has 1 atom stereocenters. The highest BCUT2D eigenvalue weighted by Crippen LogP contribution is 2.22. The standard InChI is InChI=1S/C24H28N2OS2/c1-17-7-5-9-23(19(17)3)25-24(28)26(18(2)15-22-8-6-14-29-22)16-20-10-12-21(27-4)13-11-20/h5-14,18H,15-16H2,1-4H3,(H,25,28)/t18-/m1/s1. The Balaban J connectivity index is 1.81. The number of hydrogen-bond acceptors (Lipinski definition) is 3. The van der Waals surface area contributed by atoms with Gasteiger partial charge in [-0.25, -0.2) is 0 Å². The Morgan fingerprint density at radius 2 is 1.86 bits per heavy atom. The molecule has 3 aromatic rings. The predicted molar refractivity (Wildman–Crippen MR) is 128 cm³/mol. The van der Waals surface area contributed by atoms with Crippen molar-refractivity contribution in [1.29, 1.82) is 0 Å². The average Bonchev–Trinajstić information content (AvgIpc) is 3.23. The highest BCUT2D eigenvalue weighted by atomic mass is 32.1. The maximum atomic E-state index is 5.87. The van der Waals surface area contributed by atoms with Crippen molar-refractivity contribution in [3.8, 4) is 5.75 Å². The third-order valence-electron chi connectivity index (χ3n) is 5.23. The van der Waals surface area contributed by atoms with Crippen LogP contribution in [0.25, 0.3) is 0 Å². The minimum atomic E-state index is 0.265. The van der Waals surface area contributed by atoms with Crippen LogP contribution in [0.15, 0.2) is 60.0 Å². The Bertz CT molecular complexity index is 936. The summed E-state index contributed by atoms with van der Waals surface area (Å²) in [6.45, 7) is 7.23. The number of nitrogens with one attached hydrogen (secondary N) is 1. The number of anilines is 1. The fourth-order valence-corrected chi connectivity index (χ4v) is 4.44. The van der Waals surface area contributed by atoms with Crippen molar-refractivity contribution < 1.29 is 4.74 Å². The van der Waals surface area contributed by atoms with Gasteiger partial charge in [0, 0.05) is 29.6 Å². The first kappa shape index (κ1) is 21.3. The van der Waals surface area contributed by atoms with Gasteiger partial charge in [-0.1, -0.05) is 30.3 Å². The van der Waals surface area contributed by atoms with Crippen molar-refractivity contribution in [3.63, 3.8) is 0 Å². The molecule has 0 unspecified atom stereocenters. The van der Waals surface area contributed by atoms with Gasteiger partial charge in [0.25, 0.3) is 0 Å². The fourth-order valence-electron chi connectivity index (χ4n) is 3.26. The summed E-state index contributed by atoms with van der Waals surface area (Å²) in [5, 5.41) is 6.37. The van der Waals surface area contributed by atoms with Gasteiger partial charge in [-0.05, 0) is 79.3 Å². The Hall–Kier alpha value is -2.37. The van der Waals surface area contributed by atoms with Gasteiger partial charge in [0.05, 0.1) is 7.11 Å². The number of aryl methyl sites for hydroxylation is 1. The number of methoxy groups -OCH3 is 1.